The zero-order chi connectivity index (χ0) is 14.8. The van der Waals surface area contributed by atoms with Gasteiger partial charge in [-0.1, -0.05) is 13.8 Å². The number of hydrogen-bond donors (Lipinski definition) is 1. The molecule has 0 unspecified atom stereocenters. The lowest BCUT2D eigenvalue weighted by Crippen LogP contribution is -2.44. The van der Waals surface area contributed by atoms with Gasteiger partial charge in [0.25, 0.3) is 0 Å². The van der Waals surface area contributed by atoms with Crippen molar-refractivity contribution < 1.29 is 0 Å². The Morgan fingerprint density at radius 3 is 2.57 bits per heavy atom. The van der Waals surface area contributed by atoms with Crippen LogP contribution in [0.3, 0.4) is 0 Å². The molecule has 3 rings (SSSR count). The van der Waals surface area contributed by atoms with Crippen LogP contribution in [-0.2, 0) is 6.54 Å². The molecular formula is C16H28N4S. The maximum Gasteiger partial charge on any atom is 0.185 e. The number of likely N-dealkylation sites (N-methyl/N-ethyl adjacent to an activating group) is 1. The zero-order valence-electron chi connectivity index (χ0n) is 13.6. The molecule has 0 amide bonds. The van der Waals surface area contributed by atoms with Crippen molar-refractivity contribution in [3.05, 3.63) is 10.6 Å². The summed E-state index contributed by atoms with van der Waals surface area (Å²) in [5, 5.41) is 4.85. The van der Waals surface area contributed by atoms with E-state index in [0.29, 0.717) is 5.92 Å². The average molecular weight is 308 g/mol. The predicted octanol–water partition coefficient (Wildman–Crippen LogP) is 2.52. The fourth-order valence-corrected chi connectivity index (χ4v) is 3.93. The van der Waals surface area contributed by atoms with Crippen LogP contribution in [0, 0.1) is 5.92 Å². The summed E-state index contributed by atoms with van der Waals surface area (Å²) >= 11 is 1.92. The van der Waals surface area contributed by atoms with Crippen molar-refractivity contribution in [2.24, 2.45) is 5.92 Å². The quantitative estimate of drug-likeness (QED) is 0.875. The number of piperazine rings is 1. The number of rotatable bonds is 6. The smallest absolute Gasteiger partial charge is 0.185 e. The van der Waals surface area contributed by atoms with E-state index < -0.39 is 0 Å². The van der Waals surface area contributed by atoms with Crippen molar-refractivity contribution >= 4 is 16.5 Å². The summed E-state index contributed by atoms with van der Waals surface area (Å²) in [4.78, 5) is 11.4. The largest absolute Gasteiger partial charge is 0.346 e. The zero-order valence-corrected chi connectivity index (χ0v) is 14.4. The van der Waals surface area contributed by atoms with Crippen LogP contribution in [0.2, 0.25) is 0 Å². The summed E-state index contributed by atoms with van der Waals surface area (Å²) in [6.07, 6.45) is 2.67. The van der Waals surface area contributed by atoms with E-state index in [2.05, 4.69) is 36.0 Å². The minimum atomic E-state index is 0.708. The monoisotopic (exact) mass is 308 g/mol. The molecule has 0 aromatic carbocycles. The first kappa shape index (κ1) is 15.3. The molecule has 1 saturated carbocycles. The summed E-state index contributed by atoms with van der Waals surface area (Å²) in [6.45, 7) is 11.1. The summed E-state index contributed by atoms with van der Waals surface area (Å²) in [6, 6.07) is 0. The fraction of sp³-hybridized carbons (Fsp3) is 0.812. The Morgan fingerprint density at radius 2 is 1.95 bits per heavy atom. The first-order valence-corrected chi connectivity index (χ1v) is 9.09. The first-order chi connectivity index (χ1) is 10.1. The third kappa shape index (κ3) is 3.96. The van der Waals surface area contributed by atoms with Gasteiger partial charge in [0, 0.05) is 43.5 Å². The number of nitrogens with one attached hydrogen (secondary N) is 1. The lowest BCUT2D eigenvalue weighted by atomic mass is 10.2. The molecular weight excluding hydrogens is 280 g/mol. The molecule has 1 N–H and O–H groups in total. The van der Waals surface area contributed by atoms with Crippen molar-refractivity contribution in [1.29, 1.82) is 0 Å². The van der Waals surface area contributed by atoms with Gasteiger partial charge < -0.3 is 15.1 Å². The topological polar surface area (TPSA) is 31.4 Å². The highest BCUT2D eigenvalue weighted by molar-refractivity contribution is 7.15. The maximum atomic E-state index is 5.00. The Bertz CT molecular complexity index is 459. The van der Waals surface area contributed by atoms with E-state index in [1.807, 2.05) is 11.3 Å². The van der Waals surface area contributed by atoms with Gasteiger partial charge in [0.05, 0.1) is 5.69 Å². The van der Waals surface area contributed by atoms with Gasteiger partial charge in [0.15, 0.2) is 5.13 Å². The SMILES string of the molecule is CC(C)CNCc1sc(N2CCN(C)CC2)nc1C1CC1. The molecule has 1 aliphatic heterocycles. The molecule has 1 saturated heterocycles. The molecule has 0 spiro atoms. The van der Waals surface area contributed by atoms with Gasteiger partial charge in [0.1, 0.15) is 0 Å². The molecule has 0 radical (unpaired) electrons. The van der Waals surface area contributed by atoms with Crippen LogP contribution in [0.1, 0.15) is 43.2 Å². The fourth-order valence-electron chi connectivity index (χ4n) is 2.76. The van der Waals surface area contributed by atoms with E-state index in [-0.39, 0.29) is 0 Å². The van der Waals surface area contributed by atoms with Gasteiger partial charge in [-0.2, -0.15) is 0 Å². The molecule has 0 atom stereocenters. The number of thiazole rings is 1. The molecule has 5 heteroatoms. The second-order valence-corrected chi connectivity index (χ2v) is 7.96. The highest BCUT2D eigenvalue weighted by atomic mass is 32.1. The van der Waals surface area contributed by atoms with Crippen molar-refractivity contribution in [3.63, 3.8) is 0 Å². The molecule has 4 nitrogen and oxygen atoms in total. The predicted molar refractivity (Wildman–Crippen MR) is 90.3 cm³/mol. The Morgan fingerprint density at radius 1 is 1.24 bits per heavy atom. The van der Waals surface area contributed by atoms with Gasteiger partial charge in [-0.3, -0.25) is 0 Å². The minimum Gasteiger partial charge on any atom is -0.346 e. The second kappa shape index (κ2) is 6.63. The Labute approximate surface area is 132 Å². The van der Waals surface area contributed by atoms with Crippen LogP contribution in [0.25, 0.3) is 0 Å². The van der Waals surface area contributed by atoms with Gasteiger partial charge >= 0.3 is 0 Å². The molecule has 21 heavy (non-hydrogen) atoms. The van der Waals surface area contributed by atoms with E-state index in [9.17, 15) is 0 Å². The van der Waals surface area contributed by atoms with E-state index in [0.717, 1.165) is 45.2 Å². The highest BCUT2D eigenvalue weighted by Gasteiger charge is 2.30. The lowest BCUT2D eigenvalue weighted by molar-refractivity contribution is 0.312. The van der Waals surface area contributed by atoms with Crippen molar-refractivity contribution in [1.82, 2.24) is 15.2 Å². The van der Waals surface area contributed by atoms with E-state index >= 15 is 0 Å². The van der Waals surface area contributed by atoms with Gasteiger partial charge in [-0.05, 0) is 32.4 Å². The third-order valence-corrected chi connectivity index (χ3v) is 5.42. The maximum absolute atomic E-state index is 5.00. The first-order valence-electron chi connectivity index (χ1n) is 8.27. The Balaban J connectivity index is 1.67. The van der Waals surface area contributed by atoms with Crippen molar-refractivity contribution in [2.45, 2.75) is 39.2 Å². The van der Waals surface area contributed by atoms with Gasteiger partial charge in [-0.15, -0.1) is 11.3 Å². The summed E-state index contributed by atoms with van der Waals surface area (Å²) in [5.41, 5.74) is 1.39. The van der Waals surface area contributed by atoms with Crippen LogP contribution < -0.4 is 10.2 Å². The van der Waals surface area contributed by atoms with Crippen LogP contribution in [-0.4, -0.2) is 49.7 Å². The Kier molecular flexibility index (Phi) is 4.82. The van der Waals surface area contributed by atoms with Crippen LogP contribution in [0.4, 0.5) is 5.13 Å². The highest BCUT2D eigenvalue weighted by Crippen LogP contribution is 2.44. The van der Waals surface area contributed by atoms with E-state index in [1.165, 1.54) is 28.5 Å². The molecule has 1 aromatic rings. The van der Waals surface area contributed by atoms with Crippen LogP contribution >= 0.6 is 11.3 Å². The molecule has 2 fully saturated rings. The van der Waals surface area contributed by atoms with Crippen LogP contribution in [0.5, 0.6) is 0 Å². The minimum absolute atomic E-state index is 0.708. The lowest BCUT2D eigenvalue weighted by Gasteiger charge is -2.32. The molecule has 2 aliphatic rings. The third-order valence-electron chi connectivity index (χ3n) is 4.29. The van der Waals surface area contributed by atoms with Gasteiger partial charge in [-0.25, -0.2) is 4.98 Å². The van der Waals surface area contributed by atoms with Crippen LogP contribution in [0.15, 0.2) is 0 Å². The number of anilines is 1. The average Bonchev–Trinajstić information content (AvgIpc) is 3.21. The number of hydrogen-bond acceptors (Lipinski definition) is 5. The molecule has 2 heterocycles. The van der Waals surface area contributed by atoms with Gasteiger partial charge in [0.2, 0.25) is 0 Å². The van der Waals surface area contributed by atoms with E-state index in [1.54, 1.807) is 0 Å². The normalized spacial score (nSPS) is 20.5. The summed E-state index contributed by atoms with van der Waals surface area (Å²) in [5.74, 6) is 1.46. The molecule has 0 bridgehead atoms. The van der Waals surface area contributed by atoms with Crippen molar-refractivity contribution in [2.75, 3.05) is 44.7 Å². The van der Waals surface area contributed by atoms with Crippen molar-refractivity contribution in [3.8, 4) is 0 Å². The second-order valence-electron chi connectivity index (χ2n) is 6.89. The Hall–Kier alpha value is -0.650. The standard InChI is InChI=1S/C16H28N4S/c1-12(2)10-17-11-14-15(13-4-5-13)18-16(21-14)20-8-6-19(3)7-9-20/h12-13,17H,4-11H2,1-3H3. The molecule has 118 valence electrons. The number of aromatic nitrogens is 1. The molecule has 1 aromatic heterocycles. The summed E-state index contributed by atoms with van der Waals surface area (Å²) in [7, 11) is 2.20. The molecule has 1 aliphatic carbocycles. The summed E-state index contributed by atoms with van der Waals surface area (Å²) < 4.78 is 0. The van der Waals surface area contributed by atoms with E-state index in [4.69, 9.17) is 4.98 Å². The number of nitrogens with zero attached hydrogens (tertiary/aromatic N) is 3.